The van der Waals surface area contributed by atoms with E-state index in [1.54, 1.807) is 18.3 Å². The van der Waals surface area contributed by atoms with Crippen LogP contribution < -0.4 is 10.2 Å². The number of carboxylic acids is 1. The smallest absolute Gasteiger partial charge is 0.324 e. The Bertz CT molecular complexity index is 1420. The molecule has 2 saturated heterocycles. The summed E-state index contributed by atoms with van der Waals surface area (Å²) < 4.78 is 5.59. The fraction of sp³-hybridized carbons (Fsp3) is 0.419. The van der Waals surface area contributed by atoms with E-state index in [2.05, 4.69) is 38.3 Å². The van der Waals surface area contributed by atoms with Crippen molar-refractivity contribution in [3.63, 3.8) is 0 Å². The van der Waals surface area contributed by atoms with Gasteiger partial charge in [-0.1, -0.05) is 32.9 Å². The standard InChI is InChI=1S/C31H36N6O3/c1-30(2,3)31(28(38)39)11-5-13-37(31)21-24-19-25(8-9-27(24)36-14-16-40-17-15-36)34-29-33-12-10-26(35-29)23-7-4-6-22(18-23)20-32/h4,6-10,12,18-19H,5,11,13-17,21H2,1-3H3,(H,38,39)(H,33,34,35)/t31-/m0/s1. The highest BCUT2D eigenvalue weighted by Crippen LogP contribution is 2.45. The van der Waals surface area contributed by atoms with Crippen molar-refractivity contribution in [2.75, 3.05) is 43.1 Å². The second kappa shape index (κ2) is 11.2. The lowest BCUT2D eigenvalue weighted by Gasteiger charge is -2.45. The number of benzene rings is 2. The predicted octanol–water partition coefficient (Wildman–Crippen LogP) is 5.06. The lowest BCUT2D eigenvalue weighted by Crippen LogP contribution is -2.58. The maximum Gasteiger partial charge on any atom is 0.324 e. The predicted molar refractivity (Wildman–Crippen MR) is 154 cm³/mol. The number of anilines is 3. The Labute approximate surface area is 235 Å². The number of rotatable bonds is 7. The van der Waals surface area contributed by atoms with Crippen molar-refractivity contribution in [1.29, 1.82) is 5.26 Å². The number of morpholine rings is 1. The molecule has 2 aliphatic rings. The molecule has 5 rings (SSSR count). The van der Waals surface area contributed by atoms with Crippen LogP contribution in [-0.2, 0) is 16.1 Å². The molecular weight excluding hydrogens is 504 g/mol. The molecule has 0 radical (unpaired) electrons. The topological polar surface area (TPSA) is 115 Å². The summed E-state index contributed by atoms with van der Waals surface area (Å²) in [6.45, 7) is 10.2. The van der Waals surface area contributed by atoms with Crippen LogP contribution in [0, 0.1) is 16.7 Å². The zero-order valence-electron chi connectivity index (χ0n) is 23.4. The van der Waals surface area contributed by atoms with E-state index in [0.29, 0.717) is 43.4 Å². The SMILES string of the molecule is CC(C)(C)[C@@]1(C(=O)O)CCCN1Cc1cc(Nc2nccc(-c3cccc(C#N)c3)n2)ccc1N1CCOCC1. The normalized spacial score (nSPS) is 19.8. The van der Waals surface area contributed by atoms with Crippen LogP contribution in [0.25, 0.3) is 11.3 Å². The van der Waals surface area contributed by atoms with Gasteiger partial charge >= 0.3 is 5.97 Å². The zero-order chi connectivity index (χ0) is 28.3. The van der Waals surface area contributed by atoms with Crippen LogP contribution in [0.2, 0.25) is 0 Å². The second-order valence-electron chi connectivity index (χ2n) is 11.5. The van der Waals surface area contributed by atoms with E-state index in [4.69, 9.17) is 9.72 Å². The van der Waals surface area contributed by atoms with Gasteiger partial charge in [0.2, 0.25) is 5.95 Å². The molecule has 0 spiro atoms. The number of nitriles is 1. The lowest BCUT2D eigenvalue weighted by atomic mass is 9.71. The number of ether oxygens (including phenoxy) is 1. The molecule has 2 fully saturated rings. The minimum Gasteiger partial charge on any atom is -0.480 e. The summed E-state index contributed by atoms with van der Waals surface area (Å²) in [6, 6.07) is 17.5. The average molecular weight is 541 g/mol. The zero-order valence-corrected chi connectivity index (χ0v) is 23.4. The third-order valence-corrected chi connectivity index (χ3v) is 8.09. The minimum atomic E-state index is -0.936. The van der Waals surface area contributed by atoms with Crippen molar-refractivity contribution in [3.05, 3.63) is 65.9 Å². The summed E-state index contributed by atoms with van der Waals surface area (Å²) in [7, 11) is 0. The molecule has 40 heavy (non-hydrogen) atoms. The molecule has 3 heterocycles. The molecule has 1 aromatic heterocycles. The van der Waals surface area contributed by atoms with Gasteiger partial charge in [-0.25, -0.2) is 9.97 Å². The summed E-state index contributed by atoms with van der Waals surface area (Å²) in [5, 5.41) is 23.1. The molecule has 2 aromatic carbocycles. The molecule has 208 valence electrons. The van der Waals surface area contributed by atoms with E-state index in [1.807, 2.05) is 45.0 Å². The lowest BCUT2D eigenvalue weighted by molar-refractivity contribution is -0.158. The van der Waals surface area contributed by atoms with Gasteiger partial charge in [-0.05, 0) is 66.8 Å². The van der Waals surface area contributed by atoms with Crippen molar-refractivity contribution in [3.8, 4) is 17.3 Å². The van der Waals surface area contributed by atoms with Gasteiger partial charge in [0, 0.05) is 42.8 Å². The van der Waals surface area contributed by atoms with Crippen molar-refractivity contribution < 1.29 is 14.6 Å². The van der Waals surface area contributed by atoms with Gasteiger partial charge in [-0.15, -0.1) is 0 Å². The Morgan fingerprint density at radius 1 is 1.15 bits per heavy atom. The number of carboxylic acid groups (broad SMARTS) is 1. The maximum atomic E-state index is 12.7. The van der Waals surface area contributed by atoms with Crippen LogP contribution >= 0.6 is 0 Å². The van der Waals surface area contributed by atoms with Crippen LogP contribution in [-0.4, -0.2) is 64.3 Å². The summed E-state index contributed by atoms with van der Waals surface area (Å²) in [6.07, 6.45) is 3.17. The molecule has 0 amide bonds. The largest absolute Gasteiger partial charge is 0.480 e. The Morgan fingerprint density at radius 3 is 2.67 bits per heavy atom. The van der Waals surface area contributed by atoms with Crippen molar-refractivity contribution in [2.45, 2.75) is 45.7 Å². The molecular formula is C31H36N6O3. The number of hydrogen-bond donors (Lipinski definition) is 2. The van der Waals surface area contributed by atoms with E-state index < -0.39 is 16.9 Å². The molecule has 1 atom stereocenters. The van der Waals surface area contributed by atoms with Crippen molar-refractivity contribution in [1.82, 2.24) is 14.9 Å². The quantitative estimate of drug-likeness (QED) is 0.424. The summed E-state index contributed by atoms with van der Waals surface area (Å²) >= 11 is 0. The van der Waals surface area contributed by atoms with E-state index in [-0.39, 0.29) is 0 Å². The van der Waals surface area contributed by atoms with E-state index in [1.165, 1.54) is 0 Å². The van der Waals surface area contributed by atoms with Crippen molar-refractivity contribution >= 4 is 23.3 Å². The van der Waals surface area contributed by atoms with Gasteiger partial charge in [-0.3, -0.25) is 9.69 Å². The molecule has 9 heteroatoms. The van der Waals surface area contributed by atoms with Gasteiger partial charge in [-0.2, -0.15) is 5.26 Å². The van der Waals surface area contributed by atoms with Crippen molar-refractivity contribution in [2.24, 2.45) is 5.41 Å². The summed E-state index contributed by atoms with van der Waals surface area (Å²) in [4.78, 5) is 26.3. The number of carbonyl (C=O) groups is 1. The number of aliphatic carboxylic acids is 1. The van der Waals surface area contributed by atoms with Crippen LogP contribution in [0.4, 0.5) is 17.3 Å². The molecule has 0 aliphatic carbocycles. The molecule has 2 N–H and O–H groups in total. The van der Waals surface area contributed by atoms with E-state index in [0.717, 1.165) is 48.6 Å². The molecule has 0 bridgehead atoms. The third kappa shape index (κ3) is 5.37. The van der Waals surface area contributed by atoms with Crippen LogP contribution in [0.5, 0.6) is 0 Å². The van der Waals surface area contributed by atoms with Crippen LogP contribution in [0.15, 0.2) is 54.7 Å². The first-order valence-electron chi connectivity index (χ1n) is 13.8. The molecule has 0 saturated carbocycles. The number of nitrogens with zero attached hydrogens (tertiary/aromatic N) is 5. The molecule has 0 unspecified atom stereocenters. The molecule has 2 aliphatic heterocycles. The van der Waals surface area contributed by atoms with Gasteiger partial charge in [0.25, 0.3) is 0 Å². The highest BCUT2D eigenvalue weighted by Gasteiger charge is 2.55. The fourth-order valence-corrected chi connectivity index (χ4v) is 6.07. The van der Waals surface area contributed by atoms with Gasteiger partial charge < -0.3 is 20.1 Å². The highest BCUT2D eigenvalue weighted by atomic mass is 16.5. The Balaban J connectivity index is 1.47. The fourth-order valence-electron chi connectivity index (χ4n) is 6.07. The monoisotopic (exact) mass is 540 g/mol. The average Bonchev–Trinajstić information content (AvgIpc) is 3.39. The van der Waals surface area contributed by atoms with Gasteiger partial charge in [0.05, 0.1) is 30.5 Å². The first-order valence-corrected chi connectivity index (χ1v) is 13.8. The van der Waals surface area contributed by atoms with Gasteiger partial charge in [0.15, 0.2) is 0 Å². The Morgan fingerprint density at radius 2 is 1.95 bits per heavy atom. The summed E-state index contributed by atoms with van der Waals surface area (Å²) in [5.74, 6) is -0.314. The molecule has 3 aromatic rings. The maximum absolute atomic E-state index is 12.7. The second-order valence-corrected chi connectivity index (χ2v) is 11.5. The first-order chi connectivity index (χ1) is 19.2. The highest BCUT2D eigenvalue weighted by molar-refractivity contribution is 5.80. The Kier molecular flexibility index (Phi) is 7.74. The first kappa shape index (κ1) is 27.6. The summed E-state index contributed by atoms with van der Waals surface area (Å²) in [5.41, 5.74) is 3.74. The number of aromatic nitrogens is 2. The van der Waals surface area contributed by atoms with Gasteiger partial charge in [0.1, 0.15) is 5.54 Å². The Hall–Kier alpha value is -4.00. The number of likely N-dealkylation sites (tertiary alicyclic amines) is 1. The van der Waals surface area contributed by atoms with E-state index in [9.17, 15) is 15.2 Å². The third-order valence-electron chi connectivity index (χ3n) is 8.09. The molecule has 9 nitrogen and oxygen atoms in total. The van der Waals surface area contributed by atoms with E-state index >= 15 is 0 Å². The number of nitrogens with one attached hydrogen (secondary N) is 1. The minimum absolute atomic E-state index is 0.429. The number of hydrogen-bond acceptors (Lipinski definition) is 8. The van der Waals surface area contributed by atoms with Crippen LogP contribution in [0.1, 0.15) is 44.7 Å². The van der Waals surface area contributed by atoms with Crippen LogP contribution in [0.3, 0.4) is 0 Å².